The summed E-state index contributed by atoms with van der Waals surface area (Å²) < 4.78 is 0. The Hall–Kier alpha value is -1.14. The van der Waals surface area contributed by atoms with Gasteiger partial charge in [0.2, 0.25) is 0 Å². The van der Waals surface area contributed by atoms with Crippen molar-refractivity contribution in [3.05, 3.63) is 16.1 Å². The molecule has 0 aliphatic heterocycles. The third-order valence-corrected chi connectivity index (χ3v) is 2.75. The number of amides is 1. The fraction of sp³-hybridized carbons (Fsp3) is 0.500. The minimum Gasteiger partial charge on any atom is -0.465 e. The maximum atomic E-state index is 10.3. The minimum atomic E-state index is -1.15. The Kier molecular flexibility index (Phi) is 3.43. The summed E-state index contributed by atoms with van der Waals surface area (Å²) in [5.74, 6) is 0. The molecular weight excluding hydrogens is 204 g/mol. The minimum absolute atomic E-state index is 0.531. The topological polar surface area (TPSA) is 82.5 Å². The third kappa shape index (κ3) is 2.68. The molecule has 0 saturated carbocycles. The summed E-state index contributed by atoms with van der Waals surface area (Å²) in [7, 11) is 0. The average molecular weight is 216 g/mol. The van der Waals surface area contributed by atoms with E-state index in [9.17, 15) is 9.90 Å². The van der Waals surface area contributed by atoms with Gasteiger partial charge in [0.15, 0.2) is 0 Å². The van der Waals surface area contributed by atoms with E-state index < -0.39 is 18.2 Å². The monoisotopic (exact) mass is 216 g/mol. The number of hydrogen-bond acceptors (Lipinski definition) is 4. The number of aliphatic hydroxyl groups excluding tert-OH is 1. The van der Waals surface area contributed by atoms with E-state index in [2.05, 4.69) is 10.3 Å². The first-order valence-corrected chi connectivity index (χ1v) is 4.98. The Labute approximate surface area is 85.4 Å². The molecule has 6 heteroatoms. The molecule has 0 bridgehead atoms. The number of carbonyl (C=O) groups is 1. The molecule has 1 amide bonds. The van der Waals surface area contributed by atoms with E-state index >= 15 is 0 Å². The van der Waals surface area contributed by atoms with Gasteiger partial charge in [-0.25, -0.2) is 9.78 Å². The highest BCUT2D eigenvalue weighted by Crippen LogP contribution is 2.20. The highest BCUT2D eigenvalue weighted by atomic mass is 32.1. The molecule has 0 aliphatic rings. The number of aromatic nitrogens is 1. The number of aliphatic hydroxyl groups is 1. The molecule has 0 saturated heterocycles. The zero-order valence-electron chi connectivity index (χ0n) is 7.89. The summed E-state index contributed by atoms with van der Waals surface area (Å²) in [4.78, 5) is 14.4. The molecule has 0 spiro atoms. The van der Waals surface area contributed by atoms with Gasteiger partial charge in [0.1, 0.15) is 11.1 Å². The molecule has 1 heterocycles. The van der Waals surface area contributed by atoms with Gasteiger partial charge < -0.3 is 15.5 Å². The average Bonchev–Trinajstić information content (AvgIpc) is 2.49. The lowest BCUT2D eigenvalue weighted by Gasteiger charge is -2.16. The second-order valence-corrected chi connectivity index (χ2v) is 3.90. The summed E-state index contributed by atoms with van der Waals surface area (Å²) >= 11 is 1.32. The number of aryl methyl sites for hydroxylation is 1. The highest BCUT2D eigenvalue weighted by molar-refractivity contribution is 7.09. The Bertz CT molecular complexity index is 326. The maximum absolute atomic E-state index is 10.3. The van der Waals surface area contributed by atoms with E-state index in [4.69, 9.17) is 5.11 Å². The summed E-state index contributed by atoms with van der Waals surface area (Å²) in [6, 6.07) is -0.557. The predicted octanol–water partition coefficient (Wildman–Crippen LogP) is 1.14. The molecule has 0 unspecified atom stereocenters. The van der Waals surface area contributed by atoms with Crippen LogP contribution in [-0.2, 0) is 0 Å². The second kappa shape index (κ2) is 4.39. The van der Waals surface area contributed by atoms with E-state index in [1.165, 1.54) is 11.3 Å². The number of thiazole rings is 1. The van der Waals surface area contributed by atoms with Crippen LogP contribution in [0.15, 0.2) is 5.38 Å². The first-order chi connectivity index (χ1) is 6.50. The molecule has 3 N–H and O–H groups in total. The summed E-state index contributed by atoms with van der Waals surface area (Å²) in [6.45, 7) is 3.41. The van der Waals surface area contributed by atoms with Crippen molar-refractivity contribution in [2.45, 2.75) is 26.0 Å². The van der Waals surface area contributed by atoms with Crippen LogP contribution in [0.5, 0.6) is 0 Å². The molecule has 14 heavy (non-hydrogen) atoms. The predicted molar refractivity (Wildman–Crippen MR) is 52.4 cm³/mol. The van der Waals surface area contributed by atoms with Crippen LogP contribution in [0.2, 0.25) is 0 Å². The van der Waals surface area contributed by atoms with Gasteiger partial charge in [-0.2, -0.15) is 0 Å². The van der Waals surface area contributed by atoms with Crippen LogP contribution in [0.4, 0.5) is 4.79 Å². The van der Waals surface area contributed by atoms with E-state index in [1.807, 2.05) is 12.3 Å². The zero-order valence-corrected chi connectivity index (χ0v) is 8.71. The van der Waals surface area contributed by atoms with Gasteiger partial charge in [-0.1, -0.05) is 0 Å². The molecule has 1 aromatic rings. The SMILES string of the molecule is Cc1csc([C@@H](O)[C@H](C)NC(=O)O)n1. The van der Waals surface area contributed by atoms with Crippen molar-refractivity contribution < 1.29 is 15.0 Å². The second-order valence-electron chi connectivity index (χ2n) is 3.01. The number of hydrogen-bond donors (Lipinski definition) is 3. The third-order valence-electron chi connectivity index (χ3n) is 1.71. The van der Waals surface area contributed by atoms with Crippen molar-refractivity contribution in [1.82, 2.24) is 10.3 Å². The van der Waals surface area contributed by atoms with E-state index in [0.29, 0.717) is 5.01 Å². The van der Waals surface area contributed by atoms with Crippen LogP contribution in [0.25, 0.3) is 0 Å². The lowest BCUT2D eigenvalue weighted by Crippen LogP contribution is -2.35. The number of carboxylic acid groups (broad SMARTS) is 1. The highest BCUT2D eigenvalue weighted by Gasteiger charge is 2.20. The molecule has 78 valence electrons. The number of rotatable bonds is 3. The first-order valence-electron chi connectivity index (χ1n) is 4.10. The largest absolute Gasteiger partial charge is 0.465 e. The van der Waals surface area contributed by atoms with Gasteiger partial charge in [-0.05, 0) is 13.8 Å². The fourth-order valence-corrected chi connectivity index (χ4v) is 1.88. The van der Waals surface area contributed by atoms with Crippen molar-refractivity contribution in [2.24, 2.45) is 0 Å². The Morgan fingerprint density at radius 3 is 2.79 bits per heavy atom. The van der Waals surface area contributed by atoms with E-state index in [0.717, 1.165) is 5.69 Å². The molecule has 1 rings (SSSR count). The Morgan fingerprint density at radius 1 is 1.71 bits per heavy atom. The van der Waals surface area contributed by atoms with Crippen LogP contribution in [0.3, 0.4) is 0 Å². The van der Waals surface area contributed by atoms with Crippen LogP contribution >= 0.6 is 11.3 Å². The standard InChI is InChI=1S/C8H12N2O3S/c1-4-3-14-7(9-4)6(11)5(2)10-8(12)13/h3,5-6,10-11H,1-2H3,(H,12,13)/t5-,6-/m0/s1. The van der Waals surface area contributed by atoms with Crippen molar-refractivity contribution in [1.29, 1.82) is 0 Å². The lowest BCUT2D eigenvalue weighted by atomic mass is 10.2. The molecular formula is C8H12N2O3S. The molecule has 0 fully saturated rings. The van der Waals surface area contributed by atoms with Crippen LogP contribution < -0.4 is 5.32 Å². The first kappa shape index (κ1) is 10.9. The normalized spacial score (nSPS) is 14.8. The summed E-state index contributed by atoms with van der Waals surface area (Å²) in [6.07, 6.45) is -2.03. The van der Waals surface area contributed by atoms with Crippen molar-refractivity contribution in [3.8, 4) is 0 Å². The molecule has 0 radical (unpaired) electrons. The molecule has 1 aromatic heterocycles. The van der Waals surface area contributed by atoms with Gasteiger partial charge in [0, 0.05) is 11.1 Å². The van der Waals surface area contributed by atoms with Crippen LogP contribution in [-0.4, -0.2) is 27.3 Å². The van der Waals surface area contributed by atoms with Gasteiger partial charge in [-0.3, -0.25) is 0 Å². The fourth-order valence-electron chi connectivity index (χ4n) is 0.996. The van der Waals surface area contributed by atoms with Gasteiger partial charge in [0.25, 0.3) is 0 Å². The molecule has 0 aromatic carbocycles. The van der Waals surface area contributed by atoms with Crippen molar-refractivity contribution >= 4 is 17.4 Å². The van der Waals surface area contributed by atoms with Gasteiger partial charge in [0.05, 0.1) is 6.04 Å². The van der Waals surface area contributed by atoms with Crippen molar-refractivity contribution in [2.75, 3.05) is 0 Å². The smallest absolute Gasteiger partial charge is 0.404 e. The summed E-state index contributed by atoms with van der Waals surface area (Å²) in [5.41, 5.74) is 0.826. The lowest BCUT2D eigenvalue weighted by molar-refractivity contribution is 0.127. The van der Waals surface area contributed by atoms with Crippen molar-refractivity contribution in [3.63, 3.8) is 0 Å². The maximum Gasteiger partial charge on any atom is 0.404 e. The van der Waals surface area contributed by atoms with E-state index in [1.54, 1.807) is 6.92 Å². The Balaban J connectivity index is 2.65. The van der Waals surface area contributed by atoms with Crippen LogP contribution in [0, 0.1) is 6.92 Å². The van der Waals surface area contributed by atoms with E-state index in [-0.39, 0.29) is 0 Å². The number of nitrogens with zero attached hydrogens (tertiary/aromatic N) is 1. The van der Waals surface area contributed by atoms with Crippen LogP contribution in [0.1, 0.15) is 23.7 Å². The number of nitrogens with one attached hydrogen (secondary N) is 1. The molecule has 0 aliphatic carbocycles. The zero-order chi connectivity index (χ0) is 10.7. The Morgan fingerprint density at radius 2 is 2.36 bits per heavy atom. The molecule has 2 atom stereocenters. The van der Waals surface area contributed by atoms with Gasteiger partial charge in [-0.15, -0.1) is 11.3 Å². The molecule has 5 nitrogen and oxygen atoms in total. The summed E-state index contributed by atoms with van der Waals surface area (Å²) in [5, 5.41) is 22.6. The quantitative estimate of drug-likeness (QED) is 0.707. The van der Waals surface area contributed by atoms with Gasteiger partial charge >= 0.3 is 6.09 Å².